The number of hydrogen-bond donors (Lipinski definition) is 0. The van der Waals surface area contributed by atoms with E-state index in [1.54, 1.807) is 0 Å². The van der Waals surface area contributed by atoms with Gasteiger partial charge in [0.1, 0.15) is 6.17 Å². The van der Waals surface area contributed by atoms with Crippen LogP contribution in [0, 0.1) is 0 Å². The van der Waals surface area contributed by atoms with Gasteiger partial charge in [0, 0.05) is 12.5 Å². The van der Waals surface area contributed by atoms with Crippen molar-refractivity contribution in [3.63, 3.8) is 0 Å². The number of likely N-dealkylation sites (N-methyl/N-ethyl adjacent to an activating group) is 1. The van der Waals surface area contributed by atoms with Crippen molar-refractivity contribution in [2.45, 2.75) is 12.1 Å². The van der Waals surface area contributed by atoms with E-state index in [9.17, 15) is 0 Å². The molecule has 0 saturated heterocycles. The van der Waals surface area contributed by atoms with E-state index in [-0.39, 0.29) is 5.92 Å². The molecule has 0 unspecified atom stereocenters. The van der Waals surface area contributed by atoms with Gasteiger partial charge in [0.05, 0.1) is 0 Å². The van der Waals surface area contributed by atoms with Gasteiger partial charge in [0.15, 0.2) is 0 Å². The zero-order chi connectivity index (χ0) is 16.2. The van der Waals surface area contributed by atoms with Crippen LogP contribution in [0.5, 0.6) is 0 Å². The fourth-order valence-corrected chi connectivity index (χ4v) is 3.07. The molecule has 0 saturated carbocycles. The monoisotopic (exact) mass is 307 g/mol. The first-order valence-electron chi connectivity index (χ1n) is 7.97. The molecule has 0 aliphatic heterocycles. The molecule has 1 nitrogen and oxygen atoms in total. The van der Waals surface area contributed by atoms with Crippen LogP contribution in [-0.4, -0.2) is 25.5 Å². The van der Waals surface area contributed by atoms with Crippen molar-refractivity contribution in [1.29, 1.82) is 0 Å². The summed E-state index contributed by atoms with van der Waals surface area (Å²) >= 11 is 0. The van der Waals surface area contributed by atoms with Gasteiger partial charge in [-0.25, -0.2) is 4.39 Å². The second kappa shape index (κ2) is 6.93. The number of rotatable bonds is 5. The van der Waals surface area contributed by atoms with Crippen LogP contribution in [0.4, 0.5) is 4.39 Å². The van der Waals surface area contributed by atoms with E-state index in [4.69, 9.17) is 0 Å². The van der Waals surface area contributed by atoms with E-state index in [0.29, 0.717) is 6.54 Å². The molecule has 0 radical (unpaired) electrons. The maximum atomic E-state index is 15.2. The highest BCUT2D eigenvalue weighted by Gasteiger charge is 2.25. The maximum absolute atomic E-state index is 15.2. The largest absolute Gasteiger partial charge is 0.309 e. The van der Waals surface area contributed by atoms with Crippen molar-refractivity contribution < 1.29 is 4.39 Å². The van der Waals surface area contributed by atoms with Crippen LogP contribution < -0.4 is 0 Å². The summed E-state index contributed by atoms with van der Waals surface area (Å²) in [7, 11) is 3.98. The molecule has 2 heteroatoms. The van der Waals surface area contributed by atoms with Crippen LogP contribution in [-0.2, 0) is 0 Å². The van der Waals surface area contributed by atoms with Crippen molar-refractivity contribution in [3.05, 3.63) is 83.9 Å². The number of alkyl halides is 1. The van der Waals surface area contributed by atoms with Gasteiger partial charge >= 0.3 is 0 Å². The SMILES string of the molecule is CN(C)C[C@H](c1ccc2ccccc2c1)[C@H](F)c1ccccc1. The summed E-state index contributed by atoms with van der Waals surface area (Å²) in [5.41, 5.74) is 1.79. The summed E-state index contributed by atoms with van der Waals surface area (Å²) in [5, 5.41) is 2.35. The number of hydrogen-bond acceptors (Lipinski definition) is 1. The normalized spacial score (nSPS) is 14.1. The average molecular weight is 307 g/mol. The number of halogens is 1. The molecule has 0 aliphatic carbocycles. The molecule has 2 atom stereocenters. The fraction of sp³-hybridized carbons (Fsp3) is 0.238. The topological polar surface area (TPSA) is 3.24 Å². The Morgan fingerprint density at radius 1 is 0.783 bits per heavy atom. The Hall–Kier alpha value is -2.19. The highest BCUT2D eigenvalue weighted by atomic mass is 19.1. The van der Waals surface area contributed by atoms with Crippen LogP contribution in [0.1, 0.15) is 23.2 Å². The fourth-order valence-electron chi connectivity index (χ4n) is 3.07. The third-order valence-electron chi connectivity index (χ3n) is 4.23. The van der Waals surface area contributed by atoms with Crippen LogP contribution in [0.3, 0.4) is 0 Å². The lowest BCUT2D eigenvalue weighted by Crippen LogP contribution is -2.23. The summed E-state index contributed by atoms with van der Waals surface area (Å²) in [4.78, 5) is 2.05. The molecule has 0 aliphatic rings. The Morgan fingerprint density at radius 3 is 2.13 bits per heavy atom. The minimum absolute atomic E-state index is 0.183. The molecule has 3 rings (SSSR count). The highest BCUT2D eigenvalue weighted by Crippen LogP contribution is 2.35. The van der Waals surface area contributed by atoms with Crippen LogP contribution in [0.15, 0.2) is 72.8 Å². The van der Waals surface area contributed by atoms with E-state index < -0.39 is 6.17 Å². The Balaban J connectivity index is 2.00. The molecule has 0 heterocycles. The van der Waals surface area contributed by atoms with Crippen LogP contribution in [0.2, 0.25) is 0 Å². The molecular formula is C21H22FN. The first kappa shape index (κ1) is 15.7. The zero-order valence-electron chi connectivity index (χ0n) is 13.6. The molecule has 23 heavy (non-hydrogen) atoms. The van der Waals surface area contributed by atoms with E-state index in [1.807, 2.05) is 56.6 Å². The van der Waals surface area contributed by atoms with Gasteiger partial charge in [-0.05, 0) is 36.0 Å². The van der Waals surface area contributed by atoms with Crippen molar-refractivity contribution in [1.82, 2.24) is 4.90 Å². The minimum Gasteiger partial charge on any atom is -0.309 e. The zero-order valence-corrected chi connectivity index (χ0v) is 13.6. The smallest absolute Gasteiger partial charge is 0.133 e. The molecule has 0 fully saturated rings. The van der Waals surface area contributed by atoms with E-state index >= 15 is 4.39 Å². The van der Waals surface area contributed by atoms with E-state index in [1.165, 1.54) is 5.39 Å². The highest BCUT2D eigenvalue weighted by molar-refractivity contribution is 5.83. The minimum atomic E-state index is -1.01. The predicted octanol–water partition coefficient (Wildman–Crippen LogP) is 5.20. The first-order chi connectivity index (χ1) is 11.1. The molecule has 3 aromatic rings. The summed E-state index contributed by atoms with van der Waals surface area (Å²) in [6.45, 7) is 0.675. The molecule has 0 bridgehead atoms. The lowest BCUT2D eigenvalue weighted by molar-refractivity contribution is 0.240. The maximum Gasteiger partial charge on any atom is 0.133 e. The third-order valence-corrected chi connectivity index (χ3v) is 4.23. The summed E-state index contributed by atoms with van der Waals surface area (Å²) in [6.07, 6.45) is -1.01. The Labute approximate surface area is 137 Å². The van der Waals surface area contributed by atoms with E-state index in [2.05, 4.69) is 35.2 Å². The number of fused-ring (bicyclic) bond motifs is 1. The second-order valence-corrected chi connectivity index (χ2v) is 6.29. The van der Waals surface area contributed by atoms with Crippen molar-refractivity contribution in [2.75, 3.05) is 20.6 Å². The van der Waals surface area contributed by atoms with Gasteiger partial charge in [-0.1, -0.05) is 72.8 Å². The van der Waals surface area contributed by atoms with Crippen LogP contribution >= 0.6 is 0 Å². The quantitative estimate of drug-likeness (QED) is 0.626. The number of benzene rings is 3. The average Bonchev–Trinajstić information content (AvgIpc) is 2.59. The molecule has 0 amide bonds. The van der Waals surface area contributed by atoms with Crippen molar-refractivity contribution in [3.8, 4) is 0 Å². The standard InChI is InChI=1S/C21H22FN/c1-23(2)15-20(21(22)17-9-4-3-5-10-17)19-13-12-16-8-6-7-11-18(16)14-19/h3-14,20-21H,15H2,1-2H3/t20-,21-/m1/s1. The molecule has 3 aromatic carbocycles. The Kier molecular flexibility index (Phi) is 4.73. The van der Waals surface area contributed by atoms with Gasteiger partial charge in [-0.2, -0.15) is 0 Å². The van der Waals surface area contributed by atoms with Gasteiger partial charge in [0.25, 0.3) is 0 Å². The molecular weight excluding hydrogens is 285 g/mol. The van der Waals surface area contributed by atoms with Crippen molar-refractivity contribution in [2.24, 2.45) is 0 Å². The summed E-state index contributed by atoms with van der Waals surface area (Å²) in [6, 6.07) is 24.0. The third kappa shape index (κ3) is 3.59. The predicted molar refractivity (Wildman–Crippen MR) is 95.5 cm³/mol. The van der Waals surface area contributed by atoms with Crippen molar-refractivity contribution >= 4 is 10.8 Å². The summed E-state index contributed by atoms with van der Waals surface area (Å²) in [5.74, 6) is -0.183. The van der Waals surface area contributed by atoms with Gasteiger partial charge in [-0.15, -0.1) is 0 Å². The Bertz CT molecular complexity index is 767. The molecule has 0 spiro atoms. The molecule has 118 valence electrons. The Morgan fingerprint density at radius 2 is 1.43 bits per heavy atom. The number of nitrogens with zero attached hydrogens (tertiary/aromatic N) is 1. The van der Waals surface area contributed by atoms with Gasteiger partial charge in [-0.3, -0.25) is 0 Å². The lowest BCUT2D eigenvalue weighted by Gasteiger charge is -2.25. The van der Waals surface area contributed by atoms with Gasteiger partial charge < -0.3 is 4.90 Å². The van der Waals surface area contributed by atoms with Gasteiger partial charge in [0.2, 0.25) is 0 Å². The first-order valence-corrected chi connectivity index (χ1v) is 7.97. The molecule has 0 N–H and O–H groups in total. The molecule has 0 aromatic heterocycles. The van der Waals surface area contributed by atoms with Crippen LogP contribution in [0.25, 0.3) is 10.8 Å². The lowest BCUT2D eigenvalue weighted by atomic mass is 9.88. The second-order valence-electron chi connectivity index (χ2n) is 6.29. The summed E-state index contributed by atoms with van der Waals surface area (Å²) < 4.78 is 15.2. The van der Waals surface area contributed by atoms with E-state index in [0.717, 1.165) is 16.5 Å².